The fourth-order valence-electron chi connectivity index (χ4n) is 1.93. The summed E-state index contributed by atoms with van der Waals surface area (Å²) in [5.74, 6) is -0.218. The normalized spacial score (nSPS) is 24.2. The number of aliphatic hydroxyl groups is 2. The predicted octanol–water partition coefficient (Wildman–Crippen LogP) is 0.316. The minimum Gasteiger partial charge on any atom is -0.389 e. The van der Waals surface area contributed by atoms with E-state index in [0.717, 1.165) is 0 Å². The molecule has 2 rings (SSSR count). The molecule has 0 spiro atoms. The summed E-state index contributed by atoms with van der Waals surface area (Å²) in [4.78, 5) is 13.5. The van der Waals surface area contributed by atoms with Crippen molar-refractivity contribution in [3.05, 3.63) is 29.3 Å². The molecule has 1 saturated heterocycles. The maximum atomic E-state index is 11.8. The van der Waals surface area contributed by atoms with Crippen molar-refractivity contribution in [2.75, 3.05) is 25.0 Å². The summed E-state index contributed by atoms with van der Waals surface area (Å²) < 4.78 is 0. The molecule has 6 heteroatoms. The molecule has 2 atom stereocenters. The van der Waals surface area contributed by atoms with Crippen LogP contribution in [0.25, 0.3) is 0 Å². The summed E-state index contributed by atoms with van der Waals surface area (Å²) in [7, 11) is 0. The largest absolute Gasteiger partial charge is 0.389 e. The number of para-hydroxylation sites is 1. The van der Waals surface area contributed by atoms with E-state index >= 15 is 0 Å². The van der Waals surface area contributed by atoms with Crippen molar-refractivity contribution >= 4 is 23.2 Å². The molecule has 5 nitrogen and oxygen atoms in total. The van der Waals surface area contributed by atoms with Crippen molar-refractivity contribution in [1.29, 1.82) is 0 Å². The van der Waals surface area contributed by atoms with Crippen molar-refractivity contribution in [2.24, 2.45) is 0 Å². The number of halogens is 1. The van der Waals surface area contributed by atoms with Crippen LogP contribution < -0.4 is 5.32 Å². The number of carbonyl (C=O) groups is 1. The van der Waals surface area contributed by atoms with Crippen LogP contribution in [-0.2, 0) is 4.79 Å². The van der Waals surface area contributed by atoms with Crippen LogP contribution >= 0.6 is 11.6 Å². The first-order valence-corrected chi connectivity index (χ1v) is 6.07. The Kier molecular flexibility index (Phi) is 4.19. The van der Waals surface area contributed by atoms with Crippen LogP contribution in [-0.4, -0.2) is 52.9 Å². The third kappa shape index (κ3) is 3.20. The molecule has 0 unspecified atom stereocenters. The number of nitrogens with one attached hydrogen (secondary N) is 1. The zero-order valence-corrected chi connectivity index (χ0v) is 10.5. The molecule has 1 aromatic rings. The van der Waals surface area contributed by atoms with E-state index in [2.05, 4.69) is 5.32 Å². The van der Waals surface area contributed by atoms with Gasteiger partial charge in [0.1, 0.15) is 0 Å². The average Bonchev–Trinajstić information content (AvgIpc) is 2.61. The SMILES string of the molecule is O=C(CN1C[C@@H](O)[C@@H](O)C1)Nc1ccccc1Cl. The quantitative estimate of drug-likeness (QED) is 0.739. The summed E-state index contributed by atoms with van der Waals surface area (Å²) in [6, 6.07) is 6.98. The first-order valence-electron chi connectivity index (χ1n) is 5.69. The third-order valence-corrected chi connectivity index (χ3v) is 3.18. The maximum Gasteiger partial charge on any atom is 0.238 e. The number of likely N-dealkylation sites (tertiary alicyclic amines) is 1. The van der Waals surface area contributed by atoms with Gasteiger partial charge in [-0.1, -0.05) is 23.7 Å². The molecule has 0 bridgehead atoms. The van der Waals surface area contributed by atoms with Gasteiger partial charge in [-0.25, -0.2) is 0 Å². The predicted molar refractivity (Wildman–Crippen MR) is 68.5 cm³/mol. The molecule has 1 aliphatic heterocycles. The van der Waals surface area contributed by atoms with Crippen molar-refractivity contribution < 1.29 is 15.0 Å². The van der Waals surface area contributed by atoms with Gasteiger partial charge in [0.25, 0.3) is 0 Å². The summed E-state index contributed by atoms with van der Waals surface area (Å²) in [5, 5.41) is 21.9. The molecule has 98 valence electrons. The molecule has 0 aromatic heterocycles. The van der Waals surface area contributed by atoms with E-state index < -0.39 is 12.2 Å². The Morgan fingerprint density at radius 3 is 2.56 bits per heavy atom. The summed E-state index contributed by atoms with van der Waals surface area (Å²) >= 11 is 5.92. The first kappa shape index (κ1) is 13.3. The van der Waals surface area contributed by atoms with Gasteiger partial charge in [0, 0.05) is 13.1 Å². The van der Waals surface area contributed by atoms with Gasteiger partial charge in [0.2, 0.25) is 5.91 Å². The van der Waals surface area contributed by atoms with E-state index in [1.165, 1.54) is 0 Å². The topological polar surface area (TPSA) is 72.8 Å². The number of rotatable bonds is 3. The lowest BCUT2D eigenvalue weighted by molar-refractivity contribution is -0.117. The average molecular weight is 271 g/mol. The molecule has 1 heterocycles. The number of hydrogen-bond acceptors (Lipinski definition) is 4. The number of anilines is 1. The van der Waals surface area contributed by atoms with Crippen molar-refractivity contribution in [3.8, 4) is 0 Å². The fraction of sp³-hybridized carbons (Fsp3) is 0.417. The van der Waals surface area contributed by atoms with E-state index in [1.807, 2.05) is 0 Å². The van der Waals surface area contributed by atoms with Crippen LogP contribution in [0, 0.1) is 0 Å². The highest BCUT2D eigenvalue weighted by molar-refractivity contribution is 6.33. The van der Waals surface area contributed by atoms with E-state index in [-0.39, 0.29) is 12.5 Å². The molecule has 0 radical (unpaired) electrons. The lowest BCUT2D eigenvalue weighted by atomic mass is 10.3. The molecule has 18 heavy (non-hydrogen) atoms. The minimum atomic E-state index is -0.780. The van der Waals surface area contributed by atoms with Crippen molar-refractivity contribution in [1.82, 2.24) is 4.90 Å². The van der Waals surface area contributed by atoms with Crippen LogP contribution in [0.1, 0.15) is 0 Å². The zero-order chi connectivity index (χ0) is 13.1. The standard InChI is InChI=1S/C12H15ClN2O3/c13-8-3-1-2-4-9(8)14-12(18)7-15-5-10(16)11(17)6-15/h1-4,10-11,16-17H,5-7H2,(H,14,18)/t10-,11+. The Bertz CT molecular complexity index is 431. The Hall–Kier alpha value is -1.14. The van der Waals surface area contributed by atoms with Crippen LogP contribution in [0.5, 0.6) is 0 Å². The van der Waals surface area contributed by atoms with Crippen LogP contribution in [0.15, 0.2) is 24.3 Å². The highest BCUT2D eigenvalue weighted by Gasteiger charge is 2.30. The lowest BCUT2D eigenvalue weighted by Crippen LogP contribution is -2.32. The number of nitrogens with zero attached hydrogens (tertiary/aromatic N) is 1. The van der Waals surface area contributed by atoms with Crippen LogP contribution in [0.2, 0.25) is 5.02 Å². The molecule has 1 fully saturated rings. The number of aliphatic hydroxyl groups excluding tert-OH is 2. The molecule has 3 N–H and O–H groups in total. The smallest absolute Gasteiger partial charge is 0.238 e. The van der Waals surface area contributed by atoms with Gasteiger partial charge in [0.05, 0.1) is 29.5 Å². The van der Waals surface area contributed by atoms with Crippen molar-refractivity contribution in [3.63, 3.8) is 0 Å². The number of carbonyl (C=O) groups excluding carboxylic acids is 1. The fourth-order valence-corrected chi connectivity index (χ4v) is 2.11. The molecule has 1 amide bonds. The van der Waals surface area contributed by atoms with Gasteiger partial charge >= 0.3 is 0 Å². The van der Waals surface area contributed by atoms with E-state index in [1.54, 1.807) is 29.2 Å². The Labute approximate surface area is 110 Å². The Morgan fingerprint density at radius 2 is 1.94 bits per heavy atom. The second kappa shape index (κ2) is 5.67. The number of amides is 1. The zero-order valence-electron chi connectivity index (χ0n) is 9.71. The highest BCUT2D eigenvalue weighted by atomic mass is 35.5. The molecule has 1 aliphatic rings. The molecule has 1 aromatic carbocycles. The van der Waals surface area contributed by atoms with E-state index in [9.17, 15) is 15.0 Å². The van der Waals surface area contributed by atoms with Crippen LogP contribution in [0.3, 0.4) is 0 Å². The van der Waals surface area contributed by atoms with Gasteiger partial charge < -0.3 is 15.5 Å². The second-order valence-electron chi connectivity index (χ2n) is 4.36. The summed E-state index contributed by atoms with van der Waals surface area (Å²) in [6.45, 7) is 0.730. The lowest BCUT2D eigenvalue weighted by Gasteiger charge is -2.14. The molecular formula is C12H15ClN2O3. The van der Waals surface area contributed by atoms with Gasteiger partial charge in [-0.2, -0.15) is 0 Å². The maximum absolute atomic E-state index is 11.8. The van der Waals surface area contributed by atoms with Gasteiger partial charge in [-0.15, -0.1) is 0 Å². The Balaban J connectivity index is 1.88. The third-order valence-electron chi connectivity index (χ3n) is 2.85. The minimum absolute atomic E-state index is 0.124. The van der Waals surface area contributed by atoms with Crippen molar-refractivity contribution in [2.45, 2.75) is 12.2 Å². The highest BCUT2D eigenvalue weighted by Crippen LogP contribution is 2.20. The molecular weight excluding hydrogens is 256 g/mol. The molecule has 0 saturated carbocycles. The van der Waals surface area contributed by atoms with Gasteiger partial charge in [-0.05, 0) is 12.1 Å². The number of β-amino-alcohol motifs (C(OH)–C–C–N with tert-alkyl or cyclic N) is 2. The van der Waals surface area contributed by atoms with E-state index in [0.29, 0.717) is 23.8 Å². The van der Waals surface area contributed by atoms with E-state index in [4.69, 9.17) is 11.6 Å². The second-order valence-corrected chi connectivity index (χ2v) is 4.76. The van der Waals surface area contributed by atoms with Gasteiger partial charge in [0.15, 0.2) is 0 Å². The summed E-state index contributed by atoms with van der Waals surface area (Å²) in [6.07, 6.45) is -1.56. The monoisotopic (exact) mass is 270 g/mol. The summed E-state index contributed by atoms with van der Waals surface area (Å²) in [5.41, 5.74) is 0.560. The van der Waals surface area contributed by atoms with Gasteiger partial charge in [-0.3, -0.25) is 9.69 Å². The molecule has 0 aliphatic carbocycles. The Morgan fingerprint density at radius 1 is 1.33 bits per heavy atom. The number of hydrogen-bond donors (Lipinski definition) is 3. The first-order chi connectivity index (χ1) is 8.56. The van der Waals surface area contributed by atoms with Crippen LogP contribution in [0.4, 0.5) is 5.69 Å². The number of benzene rings is 1.